The fourth-order valence-corrected chi connectivity index (χ4v) is 3.78. The number of benzene rings is 3. The van der Waals surface area contributed by atoms with Crippen molar-refractivity contribution in [3.8, 4) is 28.7 Å². The standard InChI is InChI=1S/C27H26FN3O5/c1-15-12-23(36-22-9-10-29-21-14-25(34-4)24(33-3)13-17(21)22)16(2)11-20(15)31-27(32)30-19-8-6-7-18(28)26(19)35-5/h6-14H,1-5H3,(H2,30,31,32). The van der Waals surface area contributed by atoms with Gasteiger partial charge in [0.2, 0.25) is 0 Å². The molecule has 0 atom stereocenters. The number of aromatic nitrogens is 1. The highest BCUT2D eigenvalue weighted by atomic mass is 19.1. The Morgan fingerprint density at radius 1 is 0.806 bits per heavy atom. The van der Waals surface area contributed by atoms with Gasteiger partial charge in [-0.1, -0.05) is 6.07 Å². The number of carbonyl (C=O) groups excluding carboxylic acids is 1. The zero-order chi connectivity index (χ0) is 25.8. The van der Waals surface area contributed by atoms with Crippen molar-refractivity contribution in [3.63, 3.8) is 0 Å². The molecular formula is C27H26FN3O5. The van der Waals surface area contributed by atoms with E-state index in [1.807, 2.05) is 26.0 Å². The Hall–Kier alpha value is -4.53. The van der Waals surface area contributed by atoms with Gasteiger partial charge in [-0.05, 0) is 61.4 Å². The molecule has 3 aromatic carbocycles. The van der Waals surface area contributed by atoms with Crippen molar-refractivity contribution in [2.24, 2.45) is 0 Å². The Kier molecular flexibility index (Phi) is 7.10. The maximum absolute atomic E-state index is 13.9. The number of amides is 2. The third kappa shape index (κ3) is 4.95. The summed E-state index contributed by atoms with van der Waals surface area (Å²) in [5.74, 6) is 1.75. The molecule has 2 amide bonds. The number of halogens is 1. The molecule has 1 heterocycles. The van der Waals surface area contributed by atoms with Crippen molar-refractivity contribution < 1.29 is 28.1 Å². The van der Waals surface area contributed by atoms with E-state index < -0.39 is 11.8 Å². The number of nitrogens with zero attached hydrogens (tertiary/aromatic N) is 1. The molecular weight excluding hydrogens is 465 g/mol. The summed E-state index contributed by atoms with van der Waals surface area (Å²) in [6.45, 7) is 3.73. The summed E-state index contributed by atoms with van der Waals surface area (Å²) in [7, 11) is 4.48. The van der Waals surface area contributed by atoms with Gasteiger partial charge in [0.25, 0.3) is 0 Å². The fourth-order valence-electron chi connectivity index (χ4n) is 3.78. The molecule has 8 nitrogen and oxygen atoms in total. The highest BCUT2D eigenvalue weighted by Crippen LogP contribution is 2.38. The lowest BCUT2D eigenvalue weighted by molar-refractivity contribution is 0.262. The number of hydrogen-bond acceptors (Lipinski definition) is 6. The molecule has 2 N–H and O–H groups in total. The molecule has 0 aliphatic carbocycles. The van der Waals surface area contributed by atoms with Gasteiger partial charge in [-0.3, -0.25) is 4.98 Å². The van der Waals surface area contributed by atoms with E-state index in [1.165, 1.54) is 19.2 Å². The van der Waals surface area contributed by atoms with Gasteiger partial charge in [0.1, 0.15) is 11.5 Å². The molecule has 0 bridgehead atoms. The van der Waals surface area contributed by atoms with Crippen LogP contribution in [0.4, 0.5) is 20.6 Å². The second kappa shape index (κ2) is 10.4. The van der Waals surface area contributed by atoms with Crippen molar-refractivity contribution in [1.82, 2.24) is 4.98 Å². The van der Waals surface area contributed by atoms with Crippen LogP contribution in [-0.2, 0) is 0 Å². The first-order valence-electron chi connectivity index (χ1n) is 11.0. The van der Waals surface area contributed by atoms with Gasteiger partial charge in [0, 0.05) is 23.3 Å². The molecule has 0 unspecified atom stereocenters. The van der Waals surface area contributed by atoms with Crippen molar-refractivity contribution in [3.05, 3.63) is 71.7 Å². The molecule has 0 saturated carbocycles. The molecule has 36 heavy (non-hydrogen) atoms. The number of fused-ring (bicyclic) bond motifs is 1. The number of urea groups is 1. The van der Waals surface area contributed by atoms with Crippen molar-refractivity contribution in [2.75, 3.05) is 32.0 Å². The van der Waals surface area contributed by atoms with Gasteiger partial charge in [0.05, 0.1) is 32.5 Å². The molecule has 0 fully saturated rings. The maximum Gasteiger partial charge on any atom is 0.323 e. The lowest BCUT2D eigenvalue weighted by Gasteiger charge is -2.16. The van der Waals surface area contributed by atoms with Crippen LogP contribution in [0.25, 0.3) is 10.9 Å². The predicted molar refractivity (Wildman–Crippen MR) is 136 cm³/mol. The van der Waals surface area contributed by atoms with Crippen molar-refractivity contribution >= 4 is 28.3 Å². The summed E-state index contributed by atoms with van der Waals surface area (Å²) >= 11 is 0. The number of carbonyl (C=O) groups is 1. The summed E-state index contributed by atoms with van der Waals surface area (Å²) in [6.07, 6.45) is 1.66. The molecule has 0 aliphatic heterocycles. The molecule has 4 rings (SSSR count). The van der Waals surface area contributed by atoms with Crippen LogP contribution in [0.2, 0.25) is 0 Å². The minimum Gasteiger partial charge on any atom is -0.493 e. The predicted octanol–water partition coefficient (Wildman–Crippen LogP) is 6.45. The zero-order valence-electron chi connectivity index (χ0n) is 20.6. The van der Waals surface area contributed by atoms with Crippen LogP contribution >= 0.6 is 0 Å². The van der Waals surface area contributed by atoms with Crippen LogP contribution in [0.3, 0.4) is 0 Å². The lowest BCUT2D eigenvalue weighted by atomic mass is 10.1. The second-order valence-electron chi connectivity index (χ2n) is 7.97. The van der Waals surface area contributed by atoms with E-state index in [-0.39, 0.29) is 11.4 Å². The van der Waals surface area contributed by atoms with E-state index in [9.17, 15) is 9.18 Å². The van der Waals surface area contributed by atoms with E-state index in [0.717, 1.165) is 16.5 Å². The van der Waals surface area contributed by atoms with Gasteiger partial charge in [0.15, 0.2) is 23.1 Å². The van der Waals surface area contributed by atoms with Gasteiger partial charge < -0.3 is 29.6 Å². The quantitative estimate of drug-likeness (QED) is 0.309. The summed E-state index contributed by atoms with van der Waals surface area (Å²) in [4.78, 5) is 17.0. The molecule has 0 spiro atoms. The van der Waals surface area contributed by atoms with Crippen LogP contribution in [0.15, 0.2) is 54.7 Å². The monoisotopic (exact) mass is 491 g/mol. The Morgan fingerprint density at radius 3 is 2.25 bits per heavy atom. The van der Waals surface area contributed by atoms with E-state index in [2.05, 4.69) is 15.6 Å². The van der Waals surface area contributed by atoms with E-state index >= 15 is 0 Å². The largest absolute Gasteiger partial charge is 0.493 e. The van der Waals surface area contributed by atoms with Gasteiger partial charge in [-0.25, -0.2) is 9.18 Å². The Balaban J connectivity index is 1.58. The number of nitrogens with one attached hydrogen (secondary N) is 2. The first kappa shape index (κ1) is 24.6. The lowest BCUT2D eigenvalue weighted by Crippen LogP contribution is -2.20. The van der Waals surface area contributed by atoms with Crippen LogP contribution in [0.1, 0.15) is 11.1 Å². The van der Waals surface area contributed by atoms with E-state index in [1.54, 1.807) is 44.7 Å². The number of para-hydroxylation sites is 1. The molecule has 0 saturated heterocycles. The van der Waals surface area contributed by atoms with Gasteiger partial charge >= 0.3 is 6.03 Å². The van der Waals surface area contributed by atoms with Crippen LogP contribution < -0.4 is 29.6 Å². The minimum atomic E-state index is -0.566. The second-order valence-corrected chi connectivity index (χ2v) is 7.97. The van der Waals surface area contributed by atoms with E-state index in [4.69, 9.17) is 18.9 Å². The summed E-state index contributed by atoms with van der Waals surface area (Å²) in [5.41, 5.74) is 3.07. The summed E-state index contributed by atoms with van der Waals surface area (Å²) in [6, 6.07) is 12.8. The Bertz CT molecular complexity index is 1440. The minimum absolute atomic E-state index is 0.0388. The van der Waals surface area contributed by atoms with Crippen molar-refractivity contribution in [1.29, 1.82) is 0 Å². The molecule has 0 radical (unpaired) electrons. The third-order valence-corrected chi connectivity index (χ3v) is 5.62. The maximum atomic E-state index is 13.9. The number of pyridine rings is 1. The number of rotatable bonds is 7. The number of hydrogen-bond donors (Lipinski definition) is 2. The first-order chi connectivity index (χ1) is 17.3. The summed E-state index contributed by atoms with van der Waals surface area (Å²) in [5, 5.41) is 6.17. The molecule has 1 aromatic heterocycles. The normalized spacial score (nSPS) is 10.6. The first-order valence-corrected chi connectivity index (χ1v) is 11.0. The smallest absolute Gasteiger partial charge is 0.323 e. The zero-order valence-corrected chi connectivity index (χ0v) is 20.6. The van der Waals surface area contributed by atoms with Gasteiger partial charge in [-0.2, -0.15) is 0 Å². The average Bonchev–Trinajstić information content (AvgIpc) is 2.86. The Morgan fingerprint density at radius 2 is 1.53 bits per heavy atom. The molecule has 9 heteroatoms. The van der Waals surface area contributed by atoms with Crippen LogP contribution in [-0.4, -0.2) is 32.3 Å². The highest BCUT2D eigenvalue weighted by molar-refractivity contribution is 6.01. The van der Waals surface area contributed by atoms with Crippen molar-refractivity contribution in [2.45, 2.75) is 13.8 Å². The SMILES string of the molecule is COc1cc2nccc(Oc3cc(C)c(NC(=O)Nc4cccc(F)c4OC)cc3C)c2cc1OC. The van der Waals surface area contributed by atoms with E-state index in [0.29, 0.717) is 34.2 Å². The van der Waals surface area contributed by atoms with Crippen LogP contribution in [0.5, 0.6) is 28.7 Å². The molecule has 186 valence electrons. The third-order valence-electron chi connectivity index (χ3n) is 5.62. The molecule has 4 aromatic rings. The van der Waals surface area contributed by atoms with Gasteiger partial charge in [-0.15, -0.1) is 0 Å². The highest BCUT2D eigenvalue weighted by Gasteiger charge is 2.15. The number of aryl methyl sites for hydroxylation is 2. The fraction of sp³-hybridized carbons (Fsp3) is 0.185. The Labute approximate surface area is 208 Å². The topological polar surface area (TPSA) is 90.9 Å². The number of methoxy groups -OCH3 is 3. The van der Waals surface area contributed by atoms with Crippen LogP contribution in [0, 0.1) is 19.7 Å². The number of anilines is 2. The number of ether oxygens (including phenoxy) is 4. The molecule has 0 aliphatic rings. The average molecular weight is 492 g/mol. The summed E-state index contributed by atoms with van der Waals surface area (Å²) < 4.78 is 36.0.